The van der Waals surface area contributed by atoms with E-state index < -0.39 is 24.2 Å². The molecule has 12 heteroatoms. The molecule has 0 saturated carbocycles. The number of carbonyl (C=O) groups is 6. The van der Waals surface area contributed by atoms with Gasteiger partial charge in [-0.3, -0.25) is 24.0 Å². The van der Waals surface area contributed by atoms with Crippen LogP contribution in [0.5, 0.6) is 0 Å². The minimum atomic E-state index is -0.714. The van der Waals surface area contributed by atoms with Crippen molar-refractivity contribution >= 4 is 41.5 Å². The van der Waals surface area contributed by atoms with Crippen LogP contribution in [0.15, 0.2) is 24.3 Å². The van der Waals surface area contributed by atoms with E-state index in [1.165, 1.54) is 9.80 Å². The van der Waals surface area contributed by atoms with Crippen molar-refractivity contribution in [3.8, 4) is 0 Å². The van der Waals surface area contributed by atoms with Crippen LogP contribution in [0, 0.1) is 11.8 Å². The molecule has 4 atom stereocenters. The lowest BCUT2D eigenvalue weighted by Crippen LogP contribution is -2.59. The number of anilines is 1. The van der Waals surface area contributed by atoms with Gasteiger partial charge >= 0.3 is 0 Å². The lowest BCUT2D eigenvalue weighted by atomic mass is 9.97. The first kappa shape index (κ1) is 36.7. The maximum Gasteiger partial charge on any atom is 0.246 e. The molecule has 12 nitrogen and oxygen atoms in total. The molecule has 5 amide bonds. The number of nitrogens with zero attached hydrogens (tertiary/aromatic N) is 4. The van der Waals surface area contributed by atoms with E-state index in [0.29, 0.717) is 44.5 Å². The van der Waals surface area contributed by atoms with Gasteiger partial charge in [-0.05, 0) is 62.3 Å². The highest BCUT2D eigenvalue weighted by Gasteiger charge is 2.45. The summed E-state index contributed by atoms with van der Waals surface area (Å²) in [5, 5.41) is 6.02. The topological polar surface area (TPSA) is 139 Å². The molecule has 46 heavy (non-hydrogen) atoms. The van der Waals surface area contributed by atoms with Gasteiger partial charge in [-0.2, -0.15) is 0 Å². The maximum absolute atomic E-state index is 14.0. The number of carbonyl (C=O) groups excluding carboxylic acids is 6. The second-order valence-corrected chi connectivity index (χ2v) is 13.1. The Morgan fingerprint density at radius 3 is 2.09 bits per heavy atom. The lowest BCUT2D eigenvalue weighted by Gasteiger charge is -2.38. The Morgan fingerprint density at radius 1 is 0.913 bits per heavy atom. The number of hydrogen-bond donors (Lipinski definition) is 2. The third-order valence-corrected chi connectivity index (χ3v) is 9.19. The Kier molecular flexibility index (Phi) is 13.3. The van der Waals surface area contributed by atoms with Gasteiger partial charge in [0.15, 0.2) is 0 Å². The molecule has 2 aliphatic heterocycles. The Bertz CT molecular complexity index is 1250. The van der Waals surface area contributed by atoms with Gasteiger partial charge in [-0.25, -0.2) is 0 Å². The van der Waals surface area contributed by atoms with Gasteiger partial charge < -0.3 is 35.0 Å². The number of amides is 5. The summed E-state index contributed by atoms with van der Waals surface area (Å²) in [7, 11) is 5.05. The summed E-state index contributed by atoms with van der Waals surface area (Å²) in [5.74, 6) is -1.14. The SMILES string of the molecule is CNC(C(=O)N(C)C(C(=O)N1CCCC1C(=O)N1CCCC1C(=O)NCc1ccc(N(C)C(=O)CCC=O)cc1)C(C)C)C(C)C. The molecule has 1 aromatic rings. The molecule has 3 rings (SSSR count). The van der Waals surface area contributed by atoms with Gasteiger partial charge in [-0.15, -0.1) is 0 Å². The number of nitrogens with one attached hydrogen (secondary N) is 2. The van der Waals surface area contributed by atoms with Crippen LogP contribution in [0.4, 0.5) is 5.69 Å². The number of likely N-dealkylation sites (N-methyl/N-ethyl adjacent to an activating group) is 2. The minimum absolute atomic E-state index is 0.0406. The number of benzene rings is 1. The van der Waals surface area contributed by atoms with E-state index in [4.69, 9.17) is 0 Å². The standard InChI is InChI=1S/C34H52N6O6/c1-22(2)29(35-5)33(45)38(7)30(23(3)4)34(46)40-19-9-12-27(40)32(44)39-18-8-11-26(39)31(43)36-21-24-14-16-25(17-15-24)37(6)28(42)13-10-20-41/h14-17,20,22-23,26-27,29-30,35H,8-13,18-19,21H2,1-7H3,(H,36,43). The van der Waals surface area contributed by atoms with E-state index in [0.717, 1.165) is 11.8 Å². The quantitative estimate of drug-likeness (QED) is 0.297. The van der Waals surface area contributed by atoms with E-state index in [9.17, 15) is 28.8 Å². The average Bonchev–Trinajstić information content (AvgIpc) is 3.73. The van der Waals surface area contributed by atoms with Crippen LogP contribution in [0.2, 0.25) is 0 Å². The van der Waals surface area contributed by atoms with Crippen LogP contribution in [0.3, 0.4) is 0 Å². The zero-order valence-electron chi connectivity index (χ0n) is 28.5. The van der Waals surface area contributed by atoms with Crippen molar-refractivity contribution in [3.05, 3.63) is 29.8 Å². The molecular weight excluding hydrogens is 588 g/mol. The summed E-state index contributed by atoms with van der Waals surface area (Å²) in [6.45, 7) is 8.86. The predicted octanol–water partition coefficient (Wildman–Crippen LogP) is 1.95. The smallest absolute Gasteiger partial charge is 0.246 e. The number of hydrogen-bond acceptors (Lipinski definition) is 7. The molecule has 4 unspecified atom stereocenters. The Labute approximate surface area is 273 Å². The summed E-state index contributed by atoms with van der Waals surface area (Å²) in [4.78, 5) is 83.6. The molecule has 0 spiro atoms. The van der Waals surface area contributed by atoms with Gasteiger partial charge in [0.2, 0.25) is 29.5 Å². The van der Waals surface area contributed by atoms with Crippen molar-refractivity contribution in [1.82, 2.24) is 25.3 Å². The van der Waals surface area contributed by atoms with E-state index in [1.54, 1.807) is 43.1 Å². The maximum atomic E-state index is 14.0. The summed E-state index contributed by atoms with van der Waals surface area (Å²) < 4.78 is 0. The molecule has 1 aromatic carbocycles. The van der Waals surface area contributed by atoms with Crippen molar-refractivity contribution in [2.45, 2.75) is 96.9 Å². The molecule has 2 saturated heterocycles. The van der Waals surface area contributed by atoms with E-state index >= 15 is 0 Å². The average molecular weight is 641 g/mol. The summed E-state index contributed by atoms with van der Waals surface area (Å²) >= 11 is 0. The summed E-state index contributed by atoms with van der Waals surface area (Å²) in [6, 6.07) is 4.78. The molecule has 254 valence electrons. The molecule has 2 N–H and O–H groups in total. The van der Waals surface area contributed by atoms with Gasteiger partial charge in [0, 0.05) is 52.3 Å². The monoisotopic (exact) mass is 640 g/mol. The number of aldehydes is 1. The van der Waals surface area contributed by atoms with Crippen molar-refractivity contribution < 1.29 is 28.8 Å². The third-order valence-electron chi connectivity index (χ3n) is 9.19. The van der Waals surface area contributed by atoms with Crippen LogP contribution in [-0.4, -0.2) is 109 Å². The highest BCUT2D eigenvalue weighted by molar-refractivity contribution is 5.96. The van der Waals surface area contributed by atoms with Crippen LogP contribution < -0.4 is 15.5 Å². The van der Waals surface area contributed by atoms with Crippen molar-refractivity contribution in [2.24, 2.45) is 11.8 Å². The minimum Gasteiger partial charge on any atom is -0.350 e. The number of rotatable bonds is 14. The molecule has 2 fully saturated rings. The fourth-order valence-corrected chi connectivity index (χ4v) is 6.59. The molecule has 0 radical (unpaired) electrons. The zero-order valence-corrected chi connectivity index (χ0v) is 28.5. The lowest BCUT2D eigenvalue weighted by molar-refractivity contribution is -0.153. The van der Waals surface area contributed by atoms with Crippen molar-refractivity contribution in [2.75, 3.05) is 39.1 Å². The Hall–Kier alpha value is -3.80. The molecule has 0 bridgehead atoms. The largest absolute Gasteiger partial charge is 0.350 e. The highest BCUT2D eigenvalue weighted by Crippen LogP contribution is 2.28. The van der Waals surface area contributed by atoms with Gasteiger partial charge in [0.25, 0.3) is 0 Å². The fraction of sp³-hybridized carbons (Fsp3) is 0.647. The highest BCUT2D eigenvalue weighted by atomic mass is 16.2. The summed E-state index contributed by atoms with van der Waals surface area (Å²) in [6.07, 6.45) is 3.46. The molecule has 0 aliphatic carbocycles. The number of likely N-dealkylation sites (tertiary alicyclic amines) is 2. The first-order chi connectivity index (χ1) is 21.8. The van der Waals surface area contributed by atoms with E-state index in [1.807, 2.05) is 39.8 Å². The van der Waals surface area contributed by atoms with Crippen molar-refractivity contribution in [1.29, 1.82) is 0 Å². The molecule has 0 aromatic heterocycles. The third kappa shape index (κ3) is 8.51. The van der Waals surface area contributed by atoms with E-state index in [-0.39, 0.29) is 60.8 Å². The predicted molar refractivity (Wildman–Crippen MR) is 176 cm³/mol. The fourth-order valence-electron chi connectivity index (χ4n) is 6.59. The Balaban J connectivity index is 1.65. The van der Waals surface area contributed by atoms with Crippen LogP contribution in [-0.2, 0) is 35.3 Å². The van der Waals surface area contributed by atoms with Gasteiger partial charge in [0.05, 0.1) is 6.04 Å². The Morgan fingerprint density at radius 2 is 1.52 bits per heavy atom. The van der Waals surface area contributed by atoms with E-state index in [2.05, 4.69) is 10.6 Å². The second kappa shape index (κ2) is 16.7. The van der Waals surface area contributed by atoms with Crippen molar-refractivity contribution in [3.63, 3.8) is 0 Å². The molecule has 2 aliphatic rings. The zero-order chi connectivity index (χ0) is 34.1. The summed E-state index contributed by atoms with van der Waals surface area (Å²) in [5.41, 5.74) is 1.52. The second-order valence-electron chi connectivity index (χ2n) is 13.1. The first-order valence-corrected chi connectivity index (χ1v) is 16.5. The van der Waals surface area contributed by atoms with Crippen LogP contribution >= 0.6 is 0 Å². The first-order valence-electron chi connectivity index (χ1n) is 16.5. The van der Waals surface area contributed by atoms with Gasteiger partial charge in [-0.1, -0.05) is 39.8 Å². The normalized spacial score (nSPS) is 19.2. The van der Waals surface area contributed by atoms with Gasteiger partial charge in [0.1, 0.15) is 24.4 Å². The van der Waals surface area contributed by atoms with Crippen LogP contribution in [0.25, 0.3) is 0 Å². The molecular formula is C34H52N6O6. The molecule has 2 heterocycles. The van der Waals surface area contributed by atoms with Crippen LogP contribution in [0.1, 0.15) is 71.8 Å².